The van der Waals surface area contributed by atoms with Crippen molar-refractivity contribution in [3.63, 3.8) is 0 Å². The van der Waals surface area contributed by atoms with E-state index in [0.29, 0.717) is 22.1 Å². The van der Waals surface area contributed by atoms with E-state index in [9.17, 15) is 9.59 Å². The first kappa shape index (κ1) is 16.7. The van der Waals surface area contributed by atoms with Crippen molar-refractivity contribution in [3.05, 3.63) is 59.6 Å². The van der Waals surface area contributed by atoms with E-state index in [1.165, 1.54) is 10.9 Å². The molecule has 2 heterocycles. The van der Waals surface area contributed by atoms with Crippen molar-refractivity contribution in [2.75, 3.05) is 10.6 Å². The van der Waals surface area contributed by atoms with E-state index in [4.69, 9.17) is 11.6 Å². The SMILES string of the molecule is Cn1ccc(C(=O)Nc2cccc(NC(=O)Cn3cc(Cl)cn3)c2)n1. The van der Waals surface area contributed by atoms with Gasteiger partial charge < -0.3 is 10.6 Å². The standard InChI is InChI=1S/C16H15ClN6O2/c1-22-6-5-14(21-22)16(25)20-13-4-2-3-12(7-13)19-15(24)10-23-9-11(17)8-18-23/h2-9H,10H2,1H3,(H,19,24)(H,20,25). The molecule has 0 radical (unpaired) electrons. The predicted molar refractivity (Wildman–Crippen MR) is 93.5 cm³/mol. The van der Waals surface area contributed by atoms with Gasteiger partial charge in [-0.25, -0.2) is 0 Å². The van der Waals surface area contributed by atoms with Crippen molar-refractivity contribution >= 4 is 34.8 Å². The Morgan fingerprint density at radius 2 is 1.96 bits per heavy atom. The molecule has 0 spiro atoms. The van der Waals surface area contributed by atoms with E-state index in [1.54, 1.807) is 54.5 Å². The van der Waals surface area contributed by atoms with Crippen LogP contribution in [0.2, 0.25) is 5.02 Å². The molecule has 2 amide bonds. The Morgan fingerprint density at radius 1 is 1.20 bits per heavy atom. The summed E-state index contributed by atoms with van der Waals surface area (Å²) in [5.74, 6) is -0.580. The molecule has 0 aliphatic rings. The number of hydrogen-bond donors (Lipinski definition) is 2. The molecule has 1 aromatic carbocycles. The number of nitrogens with one attached hydrogen (secondary N) is 2. The molecule has 0 unspecified atom stereocenters. The monoisotopic (exact) mass is 358 g/mol. The Kier molecular flexibility index (Phi) is 4.80. The maximum Gasteiger partial charge on any atom is 0.276 e. The number of amides is 2. The van der Waals surface area contributed by atoms with Gasteiger partial charge in [0.2, 0.25) is 5.91 Å². The van der Waals surface area contributed by atoms with E-state index in [0.717, 1.165) is 0 Å². The van der Waals surface area contributed by atoms with Crippen LogP contribution in [0.3, 0.4) is 0 Å². The summed E-state index contributed by atoms with van der Waals surface area (Å²) in [5.41, 5.74) is 1.42. The van der Waals surface area contributed by atoms with Crippen molar-refractivity contribution in [2.24, 2.45) is 7.05 Å². The molecule has 9 heteroatoms. The van der Waals surface area contributed by atoms with Gasteiger partial charge in [0.05, 0.1) is 11.2 Å². The lowest BCUT2D eigenvalue weighted by atomic mass is 10.2. The number of aromatic nitrogens is 4. The molecule has 0 atom stereocenters. The van der Waals surface area contributed by atoms with Crippen LogP contribution in [0.4, 0.5) is 11.4 Å². The number of anilines is 2. The highest BCUT2D eigenvalue weighted by Crippen LogP contribution is 2.16. The molecule has 2 N–H and O–H groups in total. The first-order chi connectivity index (χ1) is 12.0. The van der Waals surface area contributed by atoms with Gasteiger partial charge in [-0.2, -0.15) is 10.2 Å². The fraction of sp³-hybridized carbons (Fsp3) is 0.125. The van der Waals surface area contributed by atoms with Gasteiger partial charge >= 0.3 is 0 Å². The van der Waals surface area contributed by atoms with Crippen molar-refractivity contribution in [1.29, 1.82) is 0 Å². The van der Waals surface area contributed by atoms with Crippen molar-refractivity contribution < 1.29 is 9.59 Å². The second-order valence-corrected chi connectivity index (χ2v) is 5.75. The van der Waals surface area contributed by atoms with E-state index in [-0.39, 0.29) is 18.4 Å². The molecule has 2 aromatic heterocycles. The second-order valence-electron chi connectivity index (χ2n) is 5.31. The van der Waals surface area contributed by atoms with Gasteiger partial charge in [0, 0.05) is 30.8 Å². The zero-order valence-corrected chi connectivity index (χ0v) is 14.1. The van der Waals surface area contributed by atoms with Gasteiger partial charge in [-0.15, -0.1) is 0 Å². The molecule has 0 aliphatic carbocycles. The van der Waals surface area contributed by atoms with Gasteiger partial charge in [-0.1, -0.05) is 17.7 Å². The molecular weight excluding hydrogens is 344 g/mol. The van der Waals surface area contributed by atoms with E-state index in [1.807, 2.05) is 0 Å². The third-order valence-electron chi connectivity index (χ3n) is 3.26. The molecule has 3 aromatic rings. The summed E-state index contributed by atoms with van der Waals surface area (Å²) in [7, 11) is 1.74. The average Bonchev–Trinajstić information content (AvgIpc) is 3.16. The number of halogens is 1. The van der Waals surface area contributed by atoms with E-state index >= 15 is 0 Å². The summed E-state index contributed by atoms with van der Waals surface area (Å²) < 4.78 is 2.98. The molecule has 0 saturated heterocycles. The van der Waals surface area contributed by atoms with Crippen LogP contribution in [0.1, 0.15) is 10.5 Å². The lowest BCUT2D eigenvalue weighted by Crippen LogP contribution is -2.19. The second kappa shape index (κ2) is 7.18. The first-order valence-electron chi connectivity index (χ1n) is 7.38. The van der Waals surface area contributed by atoms with Crippen LogP contribution in [0.5, 0.6) is 0 Å². The van der Waals surface area contributed by atoms with Crippen LogP contribution in [-0.2, 0) is 18.4 Å². The number of carbonyl (C=O) groups excluding carboxylic acids is 2. The molecule has 3 rings (SSSR count). The Hall–Kier alpha value is -3.13. The third kappa shape index (κ3) is 4.45. The number of hydrogen-bond acceptors (Lipinski definition) is 4. The molecule has 8 nitrogen and oxygen atoms in total. The fourth-order valence-electron chi connectivity index (χ4n) is 2.18. The van der Waals surface area contributed by atoms with E-state index in [2.05, 4.69) is 20.8 Å². The van der Waals surface area contributed by atoms with Crippen LogP contribution >= 0.6 is 11.6 Å². The van der Waals surface area contributed by atoms with Crippen molar-refractivity contribution in [3.8, 4) is 0 Å². The minimum Gasteiger partial charge on any atom is -0.324 e. The molecule has 0 aliphatic heterocycles. The van der Waals surface area contributed by atoms with E-state index < -0.39 is 0 Å². The van der Waals surface area contributed by atoms with Gasteiger partial charge in [-0.05, 0) is 24.3 Å². The number of aryl methyl sites for hydroxylation is 1. The smallest absolute Gasteiger partial charge is 0.276 e. The highest BCUT2D eigenvalue weighted by Gasteiger charge is 2.10. The number of carbonyl (C=O) groups is 2. The van der Waals surface area contributed by atoms with Gasteiger partial charge in [-0.3, -0.25) is 19.0 Å². The summed E-state index contributed by atoms with van der Waals surface area (Å²) in [4.78, 5) is 24.1. The number of nitrogens with zero attached hydrogens (tertiary/aromatic N) is 4. The van der Waals surface area contributed by atoms with Crippen molar-refractivity contribution in [2.45, 2.75) is 6.54 Å². The Bertz CT molecular complexity index is 917. The highest BCUT2D eigenvalue weighted by molar-refractivity contribution is 6.30. The fourth-order valence-corrected chi connectivity index (χ4v) is 2.33. The molecule has 0 fully saturated rings. The van der Waals surface area contributed by atoms with Crippen LogP contribution < -0.4 is 10.6 Å². The zero-order chi connectivity index (χ0) is 17.8. The van der Waals surface area contributed by atoms with Crippen LogP contribution in [0.25, 0.3) is 0 Å². The highest BCUT2D eigenvalue weighted by atomic mass is 35.5. The zero-order valence-electron chi connectivity index (χ0n) is 13.3. The number of benzene rings is 1. The summed E-state index contributed by atoms with van der Waals surface area (Å²) in [6.45, 7) is 0.0389. The summed E-state index contributed by atoms with van der Waals surface area (Å²) >= 11 is 5.76. The minimum atomic E-state index is -0.324. The molecule has 0 saturated carbocycles. The molecular formula is C16H15ClN6O2. The summed E-state index contributed by atoms with van der Waals surface area (Å²) in [6, 6.07) is 8.47. The normalized spacial score (nSPS) is 10.5. The quantitative estimate of drug-likeness (QED) is 0.730. The topological polar surface area (TPSA) is 93.8 Å². The largest absolute Gasteiger partial charge is 0.324 e. The maximum absolute atomic E-state index is 12.1. The van der Waals surface area contributed by atoms with Crippen LogP contribution in [-0.4, -0.2) is 31.4 Å². The molecule has 128 valence electrons. The van der Waals surface area contributed by atoms with Crippen LogP contribution in [0.15, 0.2) is 48.9 Å². The Labute approximate surface area is 148 Å². The third-order valence-corrected chi connectivity index (χ3v) is 3.45. The van der Waals surface area contributed by atoms with Gasteiger partial charge in [0.25, 0.3) is 5.91 Å². The van der Waals surface area contributed by atoms with Crippen molar-refractivity contribution in [1.82, 2.24) is 19.6 Å². The summed E-state index contributed by atoms with van der Waals surface area (Å²) in [6.07, 6.45) is 4.71. The van der Waals surface area contributed by atoms with Gasteiger partial charge in [0.1, 0.15) is 6.54 Å². The lowest BCUT2D eigenvalue weighted by molar-refractivity contribution is -0.116. The lowest BCUT2D eigenvalue weighted by Gasteiger charge is -2.08. The summed E-state index contributed by atoms with van der Waals surface area (Å²) in [5, 5.41) is 13.9. The molecule has 25 heavy (non-hydrogen) atoms. The minimum absolute atomic E-state index is 0.0389. The first-order valence-corrected chi connectivity index (χ1v) is 7.76. The predicted octanol–water partition coefficient (Wildman–Crippen LogP) is 2.16. The maximum atomic E-state index is 12.1. The average molecular weight is 359 g/mol. The van der Waals surface area contributed by atoms with Crippen LogP contribution in [0, 0.1) is 0 Å². The Balaban J connectivity index is 1.62. The molecule has 0 bridgehead atoms. The van der Waals surface area contributed by atoms with Gasteiger partial charge in [0.15, 0.2) is 5.69 Å². The number of rotatable bonds is 5. The Morgan fingerprint density at radius 3 is 2.60 bits per heavy atom.